The summed E-state index contributed by atoms with van der Waals surface area (Å²) in [5.74, 6) is -0.359. The molecule has 3 amide bonds. The van der Waals surface area contributed by atoms with Crippen molar-refractivity contribution in [2.24, 2.45) is 0 Å². The number of nitrogens with one attached hydrogen (secondary N) is 3. The summed E-state index contributed by atoms with van der Waals surface area (Å²) < 4.78 is 0. The SMILES string of the molecule is Cc1cc(C)cc(NC(C)C(=O)NC(=O)NC(C)C)c1. The molecular weight excluding hydrogens is 254 g/mol. The Kier molecular flexibility index (Phi) is 5.55. The topological polar surface area (TPSA) is 70.2 Å². The molecule has 1 aromatic rings. The maximum absolute atomic E-state index is 11.9. The van der Waals surface area contributed by atoms with Gasteiger partial charge in [-0.1, -0.05) is 6.07 Å². The molecule has 5 nitrogen and oxygen atoms in total. The molecule has 0 aliphatic carbocycles. The average Bonchev–Trinajstić information content (AvgIpc) is 2.25. The second-order valence-electron chi connectivity index (χ2n) is 5.36. The Balaban J connectivity index is 2.59. The third kappa shape index (κ3) is 5.30. The summed E-state index contributed by atoms with van der Waals surface area (Å²) in [7, 11) is 0. The number of anilines is 1. The Bertz CT molecular complexity index is 478. The molecule has 0 spiro atoms. The Morgan fingerprint density at radius 2 is 1.55 bits per heavy atom. The van der Waals surface area contributed by atoms with Crippen molar-refractivity contribution in [1.82, 2.24) is 10.6 Å². The van der Waals surface area contributed by atoms with Gasteiger partial charge in [0.15, 0.2) is 0 Å². The van der Waals surface area contributed by atoms with Crippen LogP contribution in [-0.4, -0.2) is 24.0 Å². The summed E-state index contributed by atoms with van der Waals surface area (Å²) in [4.78, 5) is 23.3. The lowest BCUT2D eigenvalue weighted by Gasteiger charge is -2.16. The Morgan fingerprint density at radius 3 is 2.05 bits per heavy atom. The highest BCUT2D eigenvalue weighted by Gasteiger charge is 2.16. The molecule has 1 atom stereocenters. The first-order valence-corrected chi connectivity index (χ1v) is 6.74. The van der Waals surface area contributed by atoms with Crippen molar-refractivity contribution in [1.29, 1.82) is 0 Å². The molecule has 20 heavy (non-hydrogen) atoms. The fraction of sp³-hybridized carbons (Fsp3) is 0.467. The van der Waals surface area contributed by atoms with Crippen LogP contribution in [0.15, 0.2) is 18.2 Å². The van der Waals surface area contributed by atoms with Crippen LogP contribution in [0.5, 0.6) is 0 Å². The number of aryl methyl sites for hydroxylation is 2. The first kappa shape index (κ1) is 16.0. The zero-order valence-electron chi connectivity index (χ0n) is 12.7. The lowest BCUT2D eigenvalue weighted by molar-refractivity contribution is -0.120. The maximum atomic E-state index is 11.9. The fourth-order valence-corrected chi connectivity index (χ4v) is 1.89. The van der Waals surface area contributed by atoms with Crippen LogP contribution in [0, 0.1) is 13.8 Å². The third-order valence-electron chi connectivity index (χ3n) is 2.65. The van der Waals surface area contributed by atoms with Crippen molar-refractivity contribution < 1.29 is 9.59 Å². The molecule has 3 N–H and O–H groups in total. The van der Waals surface area contributed by atoms with E-state index in [2.05, 4.69) is 22.0 Å². The molecule has 0 radical (unpaired) electrons. The molecule has 0 aromatic heterocycles. The summed E-state index contributed by atoms with van der Waals surface area (Å²) in [5.41, 5.74) is 3.12. The monoisotopic (exact) mass is 277 g/mol. The fourth-order valence-electron chi connectivity index (χ4n) is 1.89. The summed E-state index contributed by atoms with van der Waals surface area (Å²) in [6.07, 6.45) is 0. The van der Waals surface area contributed by atoms with Gasteiger partial charge in [-0.2, -0.15) is 0 Å². The van der Waals surface area contributed by atoms with Gasteiger partial charge in [0, 0.05) is 11.7 Å². The van der Waals surface area contributed by atoms with Gasteiger partial charge in [0.1, 0.15) is 6.04 Å². The van der Waals surface area contributed by atoms with Crippen LogP contribution in [-0.2, 0) is 4.79 Å². The van der Waals surface area contributed by atoms with E-state index in [-0.39, 0.29) is 11.9 Å². The van der Waals surface area contributed by atoms with E-state index >= 15 is 0 Å². The van der Waals surface area contributed by atoms with Gasteiger partial charge >= 0.3 is 6.03 Å². The number of benzene rings is 1. The molecule has 1 unspecified atom stereocenters. The number of carbonyl (C=O) groups excluding carboxylic acids is 2. The molecule has 0 saturated carbocycles. The van der Waals surface area contributed by atoms with Crippen molar-refractivity contribution in [3.8, 4) is 0 Å². The first-order chi connectivity index (χ1) is 9.27. The zero-order valence-corrected chi connectivity index (χ0v) is 12.7. The molecule has 1 aromatic carbocycles. The van der Waals surface area contributed by atoms with Crippen LogP contribution in [0.2, 0.25) is 0 Å². The molecule has 0 aliphatic rings. The van der Waals surface area contributed by atoms with Crippen LogP contribution in [0.3, 0.4) is 0 Å². The van der Waals surface area contributed by atoms with Gasteiger partial charge < -0.3 is 10.6 Å². The summed E-state index contributed by atoms with van der Waals surface area (Å²) in [6, 6.07) is 5.01. The van der Waals surface area contributed by atoms with E-state index in [9.17, 15) is 9.59 Å². The lowest BCUT2D eigenvalue weighted by atomic mass is 10.1. The number of carbonyl (C=O) groups is 2. The molecule has 0 fully saturated rings. The van der Waals surface area contributed by atoms with E-state index in [0.29, 0.717) is 0 Å². The maximum Gasteiger partial charge on any atom is 0.321 e. The quantitative estimate of drug-likeness (QED) is 0.791. The Hall–Kier alpha value is -2.04. The molecule has 0 saturated heterocycles. The van der Waals surface area contributed by atoms with Crippen molar-refractivity contribution in [3.05, 3.63) is 29.3 Å². The van der Waals surface area contributed by atoms with Crippen LogP contribution < -0.4 is 16.0 Å². The van der Waals surface area contributed by atoms with Crippen LogP contribution >= 0.6 is 0 Å². The minimum Gasteiger partial charge on any atom is -0.374 e. The van der Waals surface area contributed by atoms with Gasteiger partial charge in [0.05, 0.1) is 0 Å². The highest BCUT2D eigenvalue weighted by molar-refractivity contribution is 5.98. The van der Waals surface area contributed by atoms with Gasteiger partial charge in [-0.3, -0.25) is 10.1 Å². The number of hydrogen-bond donors (Lipinski definition) is 3. The van der Waals surface area contributed by atoms with Crippen molar-refractivity contribution in [2.45, 2.75) is 46.7 Å². The van der Waals surface area contributed by atoms with Crippen molar-refractivity contribution in [2.75, 3.05) is 5.32 Å². The second kappa shape index (κ2) is 6.93. The number of urea groups is 1. The van der Waals surface area contributed by atoms with Crippen LogP contribution in [0.1, 0.15) is 31.9 Å². The molecule has 1 rings (SSSR count). The van der Waals surface area contributed by atoms with Crippen molar-refractivity contribution >= 4 is 17.6 Å². The molecular formula is C15H23N3O2. The highest BCUT2D eigenvalue weighted by Crippen LogP contribution is 2.14. The zero-order chi connectivity index (χ0) is 15.3. The van der Waals surface area contributed by atoms with E-state index in [1.807, 2.05) is 39.8 Å². The smallest absolute Gasteiger partial charge is 0.321 e. The number of amides is 3. The lowest BCUT2D eigenvalue weighted by Crippen LogP contribution is -2.47. The second-order valence-corrected chi connectivity index (χ2v) is 5.36. The normalized spacial score (nSPS) is 11.9. The Labute approximate surface area is 120 Å². The number of rotatable bonds is 4. The molecule has 0 bridgehead atoms. The van der Waals surface area contributed by atoms with E-state index in [1.165, 1.54) is 0 Å². The summed E-state index contributed by atoms with van der Waals surface area (Å²) in [5, 5.41) is 8.01. The van der Waals surface area contributed by atoms with Crippen molar-refractivity contribution in [3.63, 3.8) is 0 Å². The number of imide groups is 1. The van der Waals surface area contributed by atoms with Gasteiger partial charge in [-0.25, -0.2) is 4.79 Å². The predicted molar refractivity (Wildman–Crippen MR) is 80.8 cm³/mol. The minimum atomic E-state index is -0.492. The largest absolute Gasteiger partial charge is 0.374 e. The highest BCUT2D eigenvalue weighted by atomic mass is 16.2. The van der Waals surface area contributed by atoms with E-state index < -0.39 is 12.1 Å². The molecule has 110 valence electrons. The van der Waals surface area contributed by atoms with Gasteiger partial charge in [0.2, 0.25) is 5.91 Å². The molecule has 5 heteroatoms. The van der Waals surface area contributed by atoms with Crippen LogP contribution in [0.25, 0.3) is 0 Å². The van der Waals surface area contributed by atoms with E-state index in [1.54, 1.807) is 6.92 Å². The third-order valence-corrected chi connectivity index (χ3v) is 2.65. The predicted octanol–water partition coefficient (Wildman–Crippen LogP) is 2.34. The Morgan fingerprint density at radius 1 is 1.00 bits per heavy atom. The number of hydrogen-bond acceptors (Lipinski definition) is 3. The summed E-state index contributed by atoms with van der Waals surface area (Å²) in [6.45, 7) is 9.39. The summed E-state index contributed by atoms with van der Waals surface area (Å²) >= 11 is 0. The molecule has 0 heterocycles. The first-order valence-electron chi connectivity index (χ1n) is 6.74. The van der Waals surface area contributed by atoms with Crippen LogP contribution in [0.4, 0.5) is 10.5 Å². The average molecular weight is 277 g/mol. The van der Waals surface area contributed by atoms with E-state index in [4.69, 9.17) is 0 Å². The van der Waals surface area contributed by atoms with Gasteiger partial charge in [-0.05, 0) is 57.9 Å². The molecule has 0 aliphatic heterocycles. The van der Waals surface area contributed by atoms with E-state index in [0.717, 1.165) is 16.8 Å². The van der Waals surface area contributed by atoms with Gasteiger partial charge in [-0.15, -0.1) is 0 Å². The minimum absolute atomic E-state index is 0.00881. The standard InChI is InChI=1S/C15H23N3O2/c1-9(2)16-15(20)18-14(19)12(5)17-13-7-10(3)6-11(4)8-13/h6-9,12,17H,1-5H3,(H2,16,18,19,20). The van der Waals surface area contributed by atoms with Gasteiger partial charge in [0.25, 0.3) is 0 Å².